The smallest absolute Gasteiger partial charge is 0.305 e. The standard InChI is InChI=1S/C18H15ClN2OS/c1-12-3-2-4-14(9-12)10-16-17(23)21(18(22)20-16)11-13-5-7-15(19)8-6-13/h2-10H,11H2,1H3,(H,20,22)/b16-10-. The first-order chi connectivity index (χ1) is 11.0. The molecule has 0 aromatic heterocycles. The number of nitrogens with one attached hydrogen (secondary N) is 1. The third-order valence-corrected chi connectivity index (χ3v) is 4.26. The van der Waals surface area contributed by atoms with Gasteiger partial charge in [0.25, 0.3) is 0 Å². The molecular formula is C18H15ClN2OS. The third kappa shape index (κ3) is 3.60. The van der Waals surface area contributed by atoms with Crippen molar-refractivity contribution in [1.29, 1.82) is 0 Å². The zero-order valence-corrected chi connectivity index (χ0v) is 14.1. The van der Waals surface area contributed by atoms with Crippen molar-refractivity contribution in [2.45, 2.75) is 13.5 Å². The highest BCUT2D eigenvalue weighted by molar-refractivity contribution is 7.80. The quantitative estimate of drug-likeness (QED) is 0.656. The van der Waals surface area contributed by atoms with E-state index in [1.807, 2.05) is 49.4 Å². The second-order valence-corrected chi connectivity index (χ2v) is 6.24. The summed E-state index contributed by atoms with van der Waals surface area (Å²) in [7, 11) is 0. The highest BCUT2D eigenvalue weighted by atomic mass is 35.5. The average molecular weight is 343 g/mol. The van der Waals surface area contributed by atoms with Crippen LogP contribution in [-0.2, 0) is 6.54 Å². The summed E-state index contributed by atoms with van der Waals surface area (Å²) in [6.45, 7) is 2.45. The van der Waals surface area contributed by atoms with Gasteiger partial charge in [-0.2, -0.15) is 0 Å². The molecule has 0 spiro atoms. The first kappa shape index (κ1) is 15.7. The molecule has 2 aromatic rings. The van der Waals surface area contributed by atoms with Gasteiger partial charge in [0.05, 0.1) is 12.2 Å². The molecule has 1 fully saturated rings. The van der Waals surface area contributed by atoms with Crippen molar-refractivity contribution in [3.8, 4) is 0 Å². The van der Waals surface area contributed by atoms with Crippen molar-refractivity contribution in [2.75, 3.05) is 0 Å². The van der Waals surface area contributed by atoms with Crippen LogP contribution in [0, 0.1) is 6.92 Å². The van der Waals surface area contributed by atoms with E-state index in [4.69, 9.17) is 23.8 Å². The molecule has 2 aromatic carbocycles. The van der Waals surface area contributed by atoms with Crippen molar-refractivity contribution in [1.82, 2.24) is 10.2 Å². The molecule has 2 amide bonds. The molecule has 1 heterocycles. The number of hydrogen-bond donors (Lipinski definition) is 1. The molecule has 0 unspecified atom stereocenters. The van der Waals surface area contributed by atoms with Crippen LogP contribution >= 0.6 is 23.8 Å². The summed E-state index contributed by atoms with van der Waals surface area (Å²) < 4.78 is 0. The molecule has 1 N–H and O–H groups in total. The average Bonchev–Trinajstić information content (AvgIpc) is 2.77. The Hall–Kier alpha value is -2.17. The summed E-state index contributed by atoms with van der Waals surface area (Å²) in [5.41, 5.74) is 3.80. The summed E-state index contributed by atoms with van der Waals surface area (Å²) in [5, 5.41) is 3.50. The zero-order valence-electron chi connectivity index (χ0n) is 12.5. The fraction of sp³-hybridized carbons (Fsp3) is 0.111. The minimum atomic E-state index is -0.205. The van der Waals surface area contributed by atoms with Crippen LogP contribution in [0.15, 0.2) is 54.2 Å². The number of halogens is 1. The fourth-order valence-electron chi connectivity index (χ4n) is 2.41. The third-order valence-electron chi connectivity index (χ3n) is 3.57. The van der Waals surface area contributed by atoms with Gasteiger partial charge in [-0.25, -0.2) is 4.79 Å². The predicted molar refractivity (Wildman–Crippen MR) is 97.3 cm³/mol. The number of benzene rings is 2. The summed E-state index contributed by atoms with van der Waals surface area (Å²) in [6.07, 6.45) is 1.90. The predicted octanol–water partition coefficient (Wildman–Crippen LogP) is 4.54. The molecule has 0 bridgehead atoms. The highest BCUT2D eigenvalue weighted by Crippen LogP contribution is 2.19. The van der Waals surface area contributed by atoms with Crippen LogP contribution in [0.3, 0.4) is 0 Å². The van der Waals surface area contributed by atoms with Crippen LogP contribution in [0.4, 0.5) is 4.79 Å². The number of urea groups is 1. The lowest BCUT2D eigenvalue weighted by Gasteiger charge is -2.14. The van der Waals surface area contributed by atoms with E-state index < -0.39 is 0 Å². The van der Waals surface area contributed by atoms with E-state index in [0.717, 1.165) is 16.7 Å². The molecule has 5 heteroatoms. The van der Waals surface area contributed by atoms with Gasteiger partial charge in [-0.1, -0.05) is 65.8 Å². The van der Waals surface area contributed by atoms with E-state index in [1.165, 1.54) is 0 Å². The largest absolute Gasteiger partial charge is 0.327 e. The van der Waals surface area contributed by atoms with E-state index in [1.54, 1.807) is 17.0 Å². The van der Waals surface area contributed by atoms with Gasteiger partial charge >= 0.3 is 6.03 Å². The number of carbonyl (C=O) groups excluding carboxylic acids is 1. The van der Waals surface area contributed by atoms with Crippen molar-refractivity contribution in [2.24, 2.45) is 0 Å². The monoisotopic (exact) mass is 342 g/mol. The van der Waals surface area contributed by atoms with Crippen molar-refractivity contribution in [3.63, 3.8) is 0 Å². The maximum Gasteiger partial charge on any atom is 0.327 e. The lowest BCUT2D eigenvalue weighted by Crippen LogP contribution is -2.29. The van der Waals surface area contributed by atoms with E-state index in [-0.39, 0.29) is 6.03 Å². The molecule has 1 aliphatic rings. The summed E-state index contributed by atoms with van der Waals surface area (Å²) >= 11 is 11.3. The van der Waals surface area contributed by atoms with Crippen LogP contribution < -0.4 is 5.32 Å². The van der Waals surface area contributed by atoms with E-state index in [2.05, 4.69) is 5.32 Å². The Labute approximate surface area is 145 Å². The zero-order chi connectivity index (χ0) is 16.4. The SMILES string of the molecule is Cc1cccc(/C=C2\NC(=O)N(Cc3ccc(Cl)cc3)C2=S)c1. The molecule has 0 radical (unpaired) electrons. The number of aryl methyl sites for hydroxylation is 1. The maximum atomic E-state index is 12.2. The van der Waals surface area contributed by atoms with Gasteiger partial charge in [0.2, 0.25) is 0 Å². The summed E-state index contributed by atoms with van der Waals surface area (Å²) in [5.74, 6) is 0. The molecule has 0 aliphatic carbocycles. The molecule has 1 aliphatic heterocycles. The number of carbonyl (C=O) groups is 1. The van der Waals surface area contributed by atoms with E-state index in [9.17, 15) is 4.79 Å². The van der Waals surface area contributed by atoms with Crippen LogP contribution in [0.1, 0.15) is 16.7 Å². The van der Waals surface area contributed by atoms with Gasteiger partial charge in [0.15, 0.2) is 0 Å². The minimum Gasteiger partial charge on any atom is -0.305 e. The number of hydrogen-bond acceptors (Lipinski definition) is 2. The normalized spacial score (nSPS) is 16.1. The topological polar surface area (TPSA) is 32.3 Å². The Morgan fingerprint density at radius 3 is 2.65 bits per heavy atom. The van der Waals surface area contributed by atoms with Crippen molar-refractivity contribution >= 4 is 40.9 Å². The Kier molecular flexibility index (Phi) is 4.46. The highest BCUT2D eigenvalue weighted by Gasteiger charge is 2.29. The van der Waals surface area contributed by atoms with Crippen LogP contribution in [0.25, 0.3) is 6.08 Å². The Morgan fingerprint density at radius 2 is 1.96 bits per heavy atom. The maximum absolute atomic E-state index is 12.2. The molecule has 23 heavy (non-hydrogen) atoms. The van der Waals surface area contributed by atoms with E-state index >= 15 is 0 Å². The second-order valence-electron chi connectivity index (χ2n) is 5.42. The molecule has 0 saturated carbocycles. The molecule has 116 valence electrons. The second kappa shape index (κ2) is 6.52. The molecule has 3 rings (SSSR count). The van der Waals surface area contributed by atoms with E-state index in [0.29, 0.717) is 22.3 Å². The molecule has 0 atom stereocenters. The number of amides is 2. The summed E-state index contributed by atoms with van der Waals surface area (Å²) in [6, 6.07) is 15.2. The van der Waals surface area contributed by atoms with Crippen LogP contribution in [0.5, 0.6) is 0 Å². The lowest BCUT2D eigenvalue weighted by molar-refractivity contribution is 0.228. The molecule has 3 nitrogen and oxygen atoms in total. The Bertz CT molecular complexity index is 799. The minimum absolute atomic E-state index is 0.205. The fourth-order valence-corrected chi connectivity index (χ4v) is 2.80. The summed E-state index contributed by atoms with van der Waals surface area (Å²) in [4.78, 5) is 14.2. The molecular weight excluding hydrogens is 328 g/mol. The van der Waals surface area contributed by atoms with Gasteiger partial charge in [-0.3, -0.25) is 4.90 Å². The number of nitrogens with zero attached hydrogens (tertiary/aromatic N) is 1. The van der Waals surface area contributed by atoms with Crippen LogP contribution in [0.2, 0.25) is 5.02 Å². The number of rotatable bonds is 3. The van der Waals surface area contributed by atoms with Crippen LogP contribution in [-0.4, -0.2) is 15.9 Å². The number of thiocarbonyl (C=S) groups is 1. The van der Waals surface area contributed by atoms with Crippen molar-refractivity contribution in [3.05, 3.63) is 75.9 Å². The van der Waals surface area contributed by atoms with Gasteiger partial charge in [0, 0.05) is 5.02 Å². The Morgan fingerprint density at radius 1 is 1.22 bits per heavy atom. The van der Waals surface area contributed by atoms with Gasteiger partial charge in [-0.15, -0.1) is 0 Å². The first-order valence-electron chi connectivity index (χ1n) is 7.18. The van der Waals surface area contributed by atoms with Gasteiger partial charge < -0.3 is 5.32 Å². The Balaban J connectivity index is 1.81. The molecule has 1 saturated heterocycles. The van der Waals surface area contributed by atoms with Gasteiger partial charge in [-0.05, 0) is 36.3 Å². The lowest BCUT2D eigenvalue weighted by atomic mass is 10.1. The first-order valence-corrected chi connectivity index (χ1v) is 7.97. The van der Waals surface area contributed by atoms with Crippen molar-refractivity contribution < 1.29 is 4.79 Å². The van der Waals surface area contributed by atoms with Gasteiger partial charge in [0.1, 0.15) is 4.99 Å².